The predicted octanol–water partition coefficient (Wildman–Crippen LogP) is 0.362. The van der Waals surface area contributed by atoms with Gasteiger partial charge in [0.15, 0.2) is 0 Å². The lowest BCUT2D eigenvalue weighted by atomic mass is 10.0. The van der Waals surface area contributed by atoms with E-state index in [1.165, 1.54) is 6.92 Å². The zero-order valence-electron chi connectivity index (χ0n) is 6.26. The number of alkyl halides is 1. The number of rotatable bonds is 3. The molecular formula is C6H9FO4. The maximum absolute atomic E-state index is 13.0. The molecule has 11 heavy (non-hydrogen) atoms. The average Bonchev–Trinajstić information content (AvgIpc) is 2.01. The van der Waals surface area contributed by atoms with E-state index in [-0.39, 0.29) is 0 Å². The first-order valence-electron chi connectivity index (χ1n) is 2.99. The van der Waals surface area contributed by atoms with E-state index in [9.17, 15) is 14.0 Å². The maximum atomic E-state index is 13.0. The molecule has 0 aliphatic heterocycles. The smallest absolute Gasteiger partial charge is 0.355 e. The highest BCUT2D eigenvalue weighted by Crippen LogP contribution is 2.17. The molecule has 0 amide bonds. The molecule has 0 aromatic rings. The van der Waals surface area contributed by atoms with Crippen molar-refractivity contribution in [2.45, 2.75) is 19.0 Å². The molecule has 0 saturated carbocycles. The monoisotopic (exact) mass is 164 g/mol. The zero-order valence-corrected chi connectivity index (χ0v) is 6.26. The van der Waals surface area contributed by atoms with Crippen LogP contribution in [0.15, 0.2) is 0 Å². The first-order chi connectivity index (χ1) is 4.99. The van der Waals surface area contributed by atoms with Crippen molar-refractivity contribution in [1.29, 1.82) is 0 Å². The second-order valence-corrected chi connectivity index (χ2v) is 1.95. The van der Waals surface area contributed by atoms with E-state index < -0.39 is 24.0 Å². The highest BCUT2D eigenvalue weighted by molar-refractivity contribution is 6.02. The fraction of sp³-hybridized carbons (Fsp3) is 0.667. The minimum atomic E-state index is -2.89. The number of carbonyl (C=O) groups is 2. The normalized spacial score (nSPS) is 15.2. The quantitative estimate of drug-likeness (QED) is 0.483. The summed E-state index contributed by atoms with van der Waals surface area (Å²) in [6, 6.07) is 0. The number of carboxylic acids is 1. The Morgan fingerprint density at radius 1 is 1.64 bits per heavy atom. The van der Waals surface area contributed by atoms with Crippen molar-refractivity contribution in [3.63, 3.8) is 0 Å². The summed E-state index contributed by atoms with van der Waals surface area (Å²) in [5.41, 5.74) is -2.89. The molecule has 0 bridgehead atoms. The molecule has 0 aliphatic rings. The number of hydrogen-bond acceptors (Lipinski definition) is 3. The third-order valence-corrected chi connectivity index (χ3v) is 1.34. The van der Waals surface area contributed by atoms with E-state index in [2.05, 4.69) is 4.74 Å². The summed E-state index contributed by atoms with van der Waals surface area (Å²) in [6.07, 6.45) is -0.436. The highest BCUT2D eigenvalue weighted by atomic mass is 19.1. The van der Waals surface area contributed by atoms with Crippen molar-refractivity contribution in [2.24, 2.45) is 0 Å². The number of carboxylic acid groups (broad SMARTS) is 1. The molecule has 0 heterocycles. The van der Waals surface area contributed by atoms with Gasteiger partial charge in [0.2, 0.25) is 0 Å². The second kappa shape index (κ2) is 3.32. The summed E-state index contributed by atoms with van der Waals surface area (Å²) in [6.45, 7) is 1.25. The van der Waals surface area contributed by atoms with Crippen LogP contribution in [0, 0.1) is 0 Å². The first-order valence-corrected chi connectivity index (χ1v) is 2.99. The van der Waals surface area contributed by atoms with Gasteiger partial charge in [0.05, 0.1) is 7.11 Å². The van der Waals surface area contributed by atoms with Crippen LogP contribution in [-0.2, 0) is 14.3 Å². The first kappa shape index (κ1) is 9.87. The molecule has 1 N–H and O–H groups in total. The van der Waals surface area contributed by atoms with Crippen LogP contribution in [0.2, 0.25) is 0 Å². The van der Waals surface area contributed by atoms with Gasteiger partial charge < -0.3 is 9.84 Å². The van der Waals surface area contributed by atoms with Crippen molar-refractivity contribution in [2.75, 3.05) is 7.11 Å². The van der Waals surface area contributed by atoms with Gasteiger partial charge in [-0.3, -0.25) is 0 Å². The maximum Gasteiger partial charge on any atom is 0.355 e. The van der Waals surface area contributed by atoms with E-state index in [1.807, 2.05) is 0 Å². The van der Waals surface area contributed by atoms with Gasteiger partial charge in [-0.2, -0.15) is 0 Å². The van der Waals surface area contributed by atoms with Gasteiger partial charge in [-0.1, -0.05) is 6.92 Å². The molecule has 64 valence electrons. The summed E-state index contributed by atoms with van der Waals surface area (Å²) in [4.78, 5) is 20.7. The molecule has 1 unspecified atom stereocenters. The van der Waals surface area contributed by atoms with Crippen LogP contribution in [0.5, 0.6) is 0 Å². The van der Waals surface area contributed by atoms with Crippen LogP contribution >= 0.6 is 0 Å². The van der Waals surface area contributed by atoms with Gasteiger partial charge in [0.1, 0.15) is 0 Å². The number of methoxy groups -OCH3 is 1. The van der Waals surface area contributed by atoms with Crippen molar-refractivity contribution in [3.05, 3.63) is 0 Å². The fourth-order valence-electron chi connectivity index (χ4n) is 0.545. The van der Waals surface area contributed by atoms with Gasteiger partial charge in [-0.05, 0) is 0 Å². The van der Waals surface area contributed by atoms with E-state index in [0.717, 1.165) is 7.11 Å². The lowest BCUT2D eigenvalue weighted by Gasteiger charge is -2.14. The molecular weight excluding hydrogens is 155 g/mol. The molecule has 5 heteroatoms. The average molecular weight is 164 g/mol. The van der Waals surface area contributed by atoms with Crippen molar-refractivity contribution >= 4 is 11.9 Å². The number of ether oxygens (including phenoxy) is 1. The Bertz CT molecular complexity index is 179. The number of halogens is 1. The Kier molecular flexibility index (Phi) is 2.98. The highest BCUT2D eigenvalue weighted by Gasteiger charge is 2.46. The van der Waals surface area contributed by atoms with E-state index in [0.29, 0.717) is 0 Å². The molecule has 0 aliphatic carbocycles. The molecule has 0 fully saturated rings. The van der Waals surface area contributed by atoms with E-state index in [4.69, 9.17) is 5.11 Å². The van der Waals surface area contributed by atoms with Crippen LogP contribution in [0.3, 0.4) is 0 Å². The fourth-order valence-corrected chi connectivity index (χ4v) is 0.545. The Hall–Kier alpha value is -1.13. The Morgan fingerprint density at radius 3 is 2.18 bits per heavy atom. The van der Waals surface area contributed by atoms with E-state index in [1.54, 1.807) is 0 Å². The Morgan fingerprint density at radius 2 is 2.09 bits per heavy atom. The van der Waals surface area contributed by atoms with Crippen molar-refractivity contribution in [1.82, 2.24) is 0 Å². The molecule has 1 atom stereocenters. The lowest BCUT2D eigenvalue weighted by Crippen LogP contribution is -2.42. The predicted molar refractivity (Wildman–Crippen MR) is 33.8 cm³/mol. The third kappa shape index (κ3) is 1.66. The number of hydrogen-bond donors (Lipinski definition) is 1. The van der Waals surface area contributed by atoms with Crippen LogP contribution in [0.25, 0.3) is 0 Å². The van der Waals surface area contributed by atoms with Crippen LogP contribution in [0.1, 0.15) is 13.3 Å². The summed E-state index contributed by atoms with van der Waals surface area (Å²) >= 11 is 0. The summed E-state index contributed by atoms with van der Waals surface area (Å²) < 4.78 is 16.9. The van der Waals surface area contributed by atoms with E-state index >= 15 is 0 Å². The van der Waals surface area contributed by atoms with Crippen LogP contribution < -0.4 is 0 Å². The minimum Gasteiger partial charge on any atom is -0.478 e. The van der Waals surface area contributed by atoms with Gasteiger partial charge in [-0.25, -0.2) is 14.0 Å². The largest absolute Gasteiger partial charge is 0.478 e. The van der Waals surface area contributed by atoms with Crippen molar-refractivity contribution < 1.29 is 23.8 Å². The Balaban J connectivity index is 4.59. The van der Waals surface area contributed by atoms with Gasteiger partial charge in [0.25, 0.3) is 0 Å². The van der Waals surface area contributed by atoms with Gasteiger partial charge in [-0.15, -0.1) is 0 Å². The molecule has 0 saturated heterocycles. The second-order valence-electron chi connectivity index (χ2n) is 1.95. The minimum absolute atomic E-state index is 0.436. The van der Waals surface area contributed by atoms with Crippen molar-refractivity contribution in [3.8, 4) is 0 Å². The molecule has 0 aromatic carbocycles. The Labute approximate surface area is 63.0 Å². The molecule has 0 aromatic heterocycles. The molecule has 0 spiro atoms. The standard InChI is InChI=1S/C6H9FO4/c1-3-6(7,4(8)9)5(10)11-2/h3H2,1-2H3,(H,8,9). The van der Waals surface area contributed by atoms with Crippen LogP contribution in [0.4, 0.5) is 4.39 Å². The number of carbonyl (C=O) groups excluding carboxylic acids is 1. The molecule has 0 radical (unpaired) electrons. The van der Waals surface area contributed by atoms with Gasteiger partial charge >= 0.3 is 17.6 Å². The lowest BCUT2D eigenvalue weighted by molar-refractivity contribution is -0.169. The molecule has 4 nitrogen and oxygen atoms in total. The summed E-state index contributed by atoms with van der Waals surface area (Å²) in [7, 11) is 0.940. The summed E-state index contributed by atoms with van der Waals surface area (Å²) in [5, 5.41) is 8.26. The molecule has 0 rings (SSSR count). The van der Waals surface area contributed by atoms with Crippen LogP contribution in [-0.4, -0.2) is 29.8 Å². The number of aliphatic carboxylic acids is 1. The number of esters is 1. The third-order valence-electron chi connectivity index (χ3n) is 1.34. The summed E-state index contributed by atoms with van der Waals surface area (Å²) in [5.74, 6) is -3.18. The van der Waals surface area contributed by atoms with Gasteiger partial charge in [0, 0.05) is 6.42 Å². The topological polar surface area (TPSA) is 63.6 Å². The zero-order chi connectivity index (χ0) is 9.07. The SMILES string of the molecule is CCC(F)(C(=O)O)C(=O)OC.